The number of amidine groups is 1. The zero-order valence-corrected chi connectivity index (χ0v) is 15.0. The molecule has 1 aliphatic carbocycles. The van der Waals surface area contributed by atoms with Crippen LogP contribution in [0, 0.1) is 5.41 Å². The highest BCUT2D eigenvalue weighted by molar-refractivity contribution is 8.23. The zero-order chi connectivity index (χ0) is 17.1. The summed E-state index contributed by atoms with van der Waals surface area (Å²) in [6.07, 6.45) is 2.80. The largest absolute Gasteiger partial charge is 0.357 e. The van der Waals surface area contributed by atoms with Crippen LogP contribution in [0.5, 0.6) is 0 Å². The van der Waals surface area contributed by atoms with E-state index in [1.54, 1.807) is 0 Å². The Morgan fingerprint density at radius 1 is 1.29 bits per heavy atom. The molecule has 0 aromatic heterocycles. The highest BCUT2D eigenvalue weighted by Gasteiger charge is 2.39. The van der Waals surface area contributed by atoms with Gasteiger partial charge < -0.3 is 4.90 Å². The van der Waals surface area contributed by atoms with Crippen molar-refractivity contribution < 1.29 is 13.9 Å². The lowest BCUT2D eigenvalue weighted by Crippen LogP contribution is -2.45. The molecule has 4 rings (SSSR count). The number of piperidine rings is 1. The van der Waals surface area contributed by atoms with Crippen LogP contribution >= 0.6 is 10.8 Å². The molecule has 1 aromatic rings. The predicted molar refractivity (Wildman–Crippen MR) is 97.0 cm³/mol. The molecule has 0 radical (unpaired) electrons. The summed E-state index contributed by atoms with van der Waals surface area (Å²) >= 11 is 0. The first-order chi connectivity index (χ1) is 11.3. The highest BCUT2D eigenvalue weighted by Crippen LogP contribution is 2.46. The summed E-state index contributed by atoms with van der Waals surface area (Å²) in [5.41, 5.74) is 2.77. The van der Waals surface area contributed by atoms with Crippen molar-refractivity contribution in [1.29, 1.82) is 0 Å². The number of carbonyl (C=O) groups is 1. The van der Waals surface area contributed by atoms with Gasteiger partial charge in [-0.2, -0.15) is 0 Å². The van der Waals surface area contributed by atoms with Gasteiger partial charge in [0.2, 0.25) is 0 Å². The summed E-state index contributed by atoms with van der Waals surface area (Å²) in [7, 11) is -2.84. The fraction of sp³-hybridized carbons (Fsp3) is 0.556. The van der Waals surface area contributed by atoms with Crippen LogP contribution in [0.25, 0.3) is 0 Å². The van der Waals surface area contributed by atoms with Crippen LogP contribution in [0.4, 0.5) is 0 Å². The summed E-state index contributed by atoms with van der Waals surface area (Å²) in [4.78, 5) is 14.6. The van der Waals surface area contributed by atoms with Crippen molar-refractivity contribution in [2.75, 3.05) is 18.8 Å². The second-order valence-electron chi connectivity index (χ2n) is 7.77. The number of Topliss-reactive ketones (excluding diaryl/α,β-unsaturated/α-hetero) is 1. The van der Waals surface area contributed by atoms with E-state index in [0.29, 0.717) is 12.3 Å². The molecule has 1 unspecified atom stereocenters. The molecule has 1 atom stereocenters. The lowest BCUT2D eigenvalue weighted by Gasteiger charge is -2.43. The summed E-state index contributed by atoms with van der Waals surface area (Å²) < 4.78 is 24.3. The van der Waals surface area contributed by atoms with Crippen LogP contribution in [0.1, 0.15) is 54.1 Å². The first-order valence-electron chi connectivity index (χ1n) is 8.55. The Bertz CT molecular complexity index is 742. The Labute approximate surface area is 144 Å². The van der Waals surface area contributed by atoms with Crippen LogP contribution < -0.4 is 0 Å². The molecule has 2 N–H and O–H groups in total. The third-order valence-corrected chi connectivity index (χ3v) is 6.66. The van der Waals surface area contributed by atoms with Crippen LogP contribution in [0.2, 0.25) is 0 Å². The Morgan fingerprint density at radius 3 is 2.88 bits per heavy atom. The van der Waals surface area contributed by atoms with E-state index >= 15 is 0 Å². The number of benzene rings is 1. The van der Waals surface area contributed by atoms with Gasteiger partial charge in [0.15, 0.2) is 5.78 Å². The molecule has 6 heteroatoms. The van der Waals surface area contributed by atoms with Crippen LogP contribution in [-0.2, 0) is 6.42 Å². The molecule has 2 heterocycles. The summed E-state index contributed by atoms with van der Waals surface area (Å²) in [5.74, 6) is 1.46. The maximum Gasteiger partial charge on any atom is 0.169 e. The number of rotatable bonds is 1. The van der Waals surface area contributed by atoms with Crippen LogP contribution in [-0.4, -0.2) is 44.5 Å². The van der Waals surface area contributed by atoms with Crippen LogP contribution in [0.15, 0.2) is 22.6 Å². The first kappa shape index (κ1) is 16.1. The minimum absolute atomic E-state index is 0.0920. The van der Waals surface area contributed by atoms with Crippen molar-refractivity contribution in [3.8, 4) is 0 Å². The molecule has 130 valence electrons. The van der Waals surface area contributed by atoms with E-state index in [0.717, 1.165) is 48.3 Å². The number of hydrogen-bond acceptors (Lipinski definition) is 5. The van der Waals surface area contributed by atoms with Gasteiger partial charge in [-0.25, -0.2) is 0 Å². The molecular formula is C18H24N2O3S. The van der Waals surface area contributed by atoms with Crippen molar-refractivity contribution in [1.82, 2.24) is 4.90 Å². The summed E-state index contributed by atoms with van der Waals surface area (Å²) in [6, 6.07) is 6.11. The number of hydrogen-bond donors (Lipinski definition) is 2. The first-order valence-corrected chi connectivity index (χ1v) is 10.2. The summed E-state index contributed by atoms with van der Waals surface area (Å²) in [5, 5.41) is 0. The van der Waals surface area contributed by atoms with E-state index in [4.69, 9.17) is 0 Å². The van der Waals surface area contributed by atoms with Gasteiger partial charge in [-0.3, -0.25) is 13.9 Å². The molecule has 3 aliphatic rings. The molecule has 0 bridgehead atoms. The van der Waals surface area contributed by atoms with Crippen molar-refractivity contribution in [3.05, 3.63) is 34.9 Å². The van der Waals surface area contributed by atoms with Gasteiger partial charge in [0.05, 0.1) is 5.75 Å². The molecule has 24 heavy (non-hydrogen) atoms. The standard InChI is InChI=1S/C18H24N2O3S/c1-18(2)11-13-10-12(5-6-14(13)16(18)21)15-4-3-7-20-8-9-24(22,23)19-17(15)20/h5-6,10,15,22-23H,3-4,7-9,11H2,1-2H3. The average Bonchev–Trinajstić information content (AvgIpc) is 2.75. The fourth-order valence-electron chi connectivity index (χ4n) is 4.16. The Balaban J connectivity index is 1.72. The minimum atomic E-state index is -2.84. The lowest BCUT2D eigenvalue weighted by molar-refractivity contribution is 0.0863. The molecule has 1 saturated heterocycles. The van der Waals surface area contributed by atoms with Gasteiger partial charge in [0, 0.05) is 30.0 Å². The Morgan fingerprint density at radius 2 is 2.08 bits per heavy atom. The van der Waals surface area contributed by atoms with Gasteiger partial charge in [-0.1, -0.05) is 42.8 Å². The second kappa shape index (κ2) is 5.31. The number of nitrogens with zero attached hydrogens (tertiary/aromatic N) is 2. The van der Waals surface area contributed by atoms with Crippen LogP contribution in [0.3, 0.4) is 0 Å². The van der Waals surface area contributed by atoms with Gasteiger partial charge in [-0.05, 0) is 30.4 Å². The van der Waals surface area contributed by atoms with Crippen molar-refractivity contribution in [2.45, 2.75) is 39.0 Å². The lowest BCUT2D eigenvalue weighted by atomic mass is 9.87. The second-order valence-corrected chi connectivity index (χ2v) is 9.63. The normalized spacial score (nSPS) is 28.8. The maximum atomic E-state index is 12.4. The van der Waals surface area contributed by atoms with Crippen molar-refractivity contribution in [2.24, 2.45) is 9.81 Å². The van der Waals surface area contributed by atoms with E-state index in [1.807, 2.05) is 26.0 Å². The molecule has 0 spiro atoms. The number of fused-ring (bicyclic) bond motifs is 2. The fourth-order valence-corrected chi connectivity index (χ4v) is 5.26. The van der Waals surface area contributed by atoms with E-state index in [9.17, 15) is 13.9 Å². The molecule has 1 fully saturated rings. The molecule has 2 aliphatic heterocycles. The molecule has 0 amide bonds. The SMILES string of the molecule is CC1(C)Cc2cc(C3CCCN4CCS(O)(O)N=C34)ccc2C1=O. The topological polar surface area (TPSA) is 73.1 Å². The highest BCUT2D eigenvalue weighted by atomic mass is 32.3. The smallest absolute Gasteiger partial charge is 0.169 e. The van der Waals surface area contributed by atoms with Gasteiger partial charge in [0.1, 0.15) is 5.84 Å². The van der Waals surface area contributed by atoms with E-state index in [-0.39, 0.29) is 17.1 Å². The minimum Gasteiger partial charge on any atom is -0.357 e. The average molecular weight is 348 g/mol. The number of ketones is 1. The van der Waals surface area contributed by atoms with Gasteiger partial charge in [0.25, 0.3) is 0 Å². The van der Waals surface area contributed by atoms with E-state index < -0.39 is 10.8 Å². The predicted octanol–water partition coefficient (Wildman–Crippen LogP) is 3.71. The van der Waals surface area contributed by atoms with Crippen molar-refractivity contribution >= 4 is 22.4 Å². The zero-order valence-electron chi connectivity index (χ0n) is 14.2. The monoisotopic (exact) mass is 348 g/mol. The Kier molecular flexibility index (Phi) is 3.57. The number of carbonyl (C=O) groups excluding carboxylic acids is 1. The quantitative estimate of drug-likeness (QED) is 0.811. The van der Waals surface area contributed by atoms with Crippen molar-refractivity contribution in [3.63, 3.8) is 0 Å². The third-order valence-electron chi connectivity index (χ3n) is 5.45. The van der Waals surface area contributed by atoms with E-state index in [2.05, 4.69) is 15.4 Å². The van der Waals surface area contributed by atoms with Gasteiger partial charge >= 0.3 is 0 Å². The Hall–Kier alpha value is -1.37. The molecular weight excluding hydrogens is 324 g/mol. The molecule has 1 aromatic carbocycles. The summed E-state index contributed by atoms with van der Waals surface area (Å²) in [6.45, 7) is 5.59. The third kappa shape index (κ3) is 2.57. The maximum absolute atomic E-state index is 12.4. The van der Waals surface area contributed by atoms with Gasteiger partial charge in [-0.15, -0.1) is 4.40 Å². The molecule has 0 saturated carbocycles. The molecule has 5 nitrogen and oxygen atoms in total. The van der Waals surface area contributed by atoms with E-state index in [1.165, 1.54) is 0 Å².